The van der Waals surface area contributed by atoms with E-state index in [-0.39, 0.29) is 0 Å². The lowest BCUT2D eigenvalue weighted by molar-refractivity contribution is -0.137. The summed E-state index contributed by atoms with van der Waals surface area (Å²) in [5.41, 5.74) is 0.804. The van der Waals surface area contributed by atoms with Crippen LogP contribution in [0.25, 0.3) is 0 Å². The average Bonchev–Trinajstić information content (AvgIpc) is 2.08. The molecule has 13 heavy (non-hydrogen) atoms. The SMILES string of the molecule is CC(Nc1ccc(Br)cc1)C(=O)O. The van der Waals surface area contributed by atoms with E-state index in [1.54, 1.807) is 6.92 Å². The lowest BCUT2D eigenvalue weighted by Crippen LogP contribution is -2.25. The molecular formula is C9H10BrNO2. The predicted molar refractivity (Wildman–Crippen MR) is 54.9 cm³/mol. The first-order valence-electron chi connectivity index (χ1n) is 3.84. The Morgan fingerprint density at radius 3 is 2.46 bits per heavy atom. The second-order valence-corrected chi connectivity index (χ2v) is 3.63. The van der Waals surface area contributed by atoms with Gasteiger partial charge in [0.25, 0.3) is 0 Å². The van der Waals surface area contributed by atoms with Crippen molar-refractivity contribution < 1.29 is 9.90 Å². The van der Waals surface area contributed by atoms with Crippen molar-refractivity contribution in [3.05, 3.63) is 28.7 Å². The first-order valence-corrected chi connectivity index (χ1v) is 4.64. The summed E-state index contributed by atoms with van der Waals surface area (Å²) in [5.74, 6) is -0.858. The number of carbonyl (C=O) groups is 1. The Bertz CT molecular complexity index is 297. The molecule has 0 aliphatic rings. The molecule has 0 saturated heterocycles. The number of benzene rings is 1. The molecule has 0 spiro atoms. The lowest BCUT2D eigenvalue weighted by Gasteiger charge is -2.10. The van der Waals surface area contributed by atoms with E-state index in [0.29, 0.717) is 0 Å². The summed E-state index contributed by atoms with van der Waals surface area (Å²) in [6.07, 6.45) is 0. The summed E-state index contributed by atoms with van der Waals surface area (Å²) in [4.78, 5) is 10.5. The van der Waals surface area contributed by atoms with Gasteiger partial charge < -0.3 is 10.4 Å². The highest BCUT2D eigenvalue weighted by Crippen LogP contribution is 2.14. The topological polar surface area (TPSA) is 49.3 Å². The second-order valence-electron chi connectivity index (χ2n) is 2.71. The van der Waals surface area contributed by atoms with E-state index >= 15 is 0 Å². The normalized spacial score (nSPS) is 12.2. The molecule has 0 heterocycles. The van der Waals surface area contributed by atoms with Crippen LogP contribution in [-0.2, 0) is 4.79 Å². The Hall–Kier alpha value is -1.03. The molecule has 3 nitrogen and oxygen atoms in total. The van der Waals surface area contributed by atoms with Crippen LogP contribution in [0.1, 0.15) is 6.92 Å². The van der Waals surface area contributed by atoms with Crippen LogP contribution in [0.3, 0.4) is 0 Å². The highest BCUT2D eigenvalue weighted by molar-refractivity contribution is 9.10. The van der Waals surface area contributed by atoms with Gasteiger partial charge in [0.15, 0.2) is 0 Å². The zero-order valence-corrected chi connectivity index (χ0v) is 8.71. The van der Waals surface area contributed by atoms with Crippen molar-refractivity contribution in [1.82, 2.24) is 0 Å². The van der Waals surface area contributed by atoms with Crippen molar-refractivity contribution in [2.45, 2.75) is 13.0 Å². The number of aliphatic carboxylic acids is 1. The Labute approximate surface area is 84.9 Å². The number of rotatable bonds is 3. The van der Waals surface area contributed by atoms with Crippen molar-refractivity contribution in [1.29, 1.82) is 0 Å². The molecule has 0 aliphatic heterocycles. The van der Waals surface area contributed by atoms with Gasteiger partial charge in [-0.05, 0) is 31.2 Å². The number of carboxylic acid groups (broad SMARTS) is 1. The van der Waals surface area contributed by atoms with Crippen molar-refractivity contribution in [2.24, 2.45) is 0 Å². The minimum atomic E-state index is -0.858. The van der Waals surface area contributed by atoms with Crippen LogP contribution in [0, 0.1) is 0 Å². The number of anilines is 1. The fourth-order valence-corrected chi connectivity index (χ4v) is 1.12. The van der Waals surface area contributed by atoms with Crippen molar-refractivity contribution in [3.63, 3.8) is 0 Å². The van der Waals surface area contributed by atoms with Gasteiger partial charge >= 0.3 is 5.97 Å². The molecule has 0 aromatic heterocycles. The van der Waals surface area contributed by atoms with Gasteiger partial charge in [0.05, 0.1) is 0 Å². The molecule has 0 fully saturated rings. The summed E-state index contributed by atoms with van der Waals surface area (Å²) < 4.78 is 0.973. The Morgan fingerprint density at radius 1 is 1.46 bits per heavy atom. The van der Waals surface area contributed by atoms with Gasteiger partial charge in [0.2, 0.25) is 0 Å². The molecule has 4 heteroatoms. The first-order chi connectivity index (χ1) is 6.09. The maximum atomic E-state index is 10.5. The van der Waals surface area contributed by atoms with Gasteiger partial charge in [-0.15, -0.1) is 0 Å². The quantitative estimate of drug-likeness (QED) is 0.857. The Balaban J connectivity index is 2.64. The molecule has 0 radical (unpaired) electrons. The molecule has 0 bridgehead atoms. The van der Waals surface area contributed by atoms with Gasteiger partial charge in [-0.25, -0.2) is 0 Å². The summed E-state index contributed by atoms with van der Waals surface area (Å²) in [7, 11) is 0. The summed E-state index contributed by atoms with van der Waals surface area (Å²) in [5, 5.41) is 11.5. The Kier molecular flexibility index (Phi) is 3.31. The number of nitrogens with one attached hydrogen (secondary N) is 1. The highest BCUT2D eigenvalue weighted by atomic mass is 79.9. The molecule has 1 rings (SSSR count). The van der Waals surface area contributed by atoms with Gasteiger partial charge in [-0.2, -0.15) is 0 Å². The molecule has 0 aliphatic carbocycles. The maximum absolute atomic E-state index is 10.5. The molecule has 0 amide bonds. The third kappa shape index (κ3) is 3.06. The van der Waals surface area contributed by atoms with Crippen molar-refractivity contribution in [2.75, 3.05) is 5.32 Å². The summed E-state index contributed by atoms with van der Waals surface area (Å²) >= 11 is 3.30. The van der Waals surface area contributed by atoms with Gasteiger partial charge in [0, 0.05) is 10.2 Å². The largest absolute Gasteiger partial charge is 0.480 e. The molecule has 1 aromatic rings. The second kappa shape index (κ2) is 4.28. The lowest BCUT2D eigenvalue weighted by atomic mass is 10.3. The molecule has 1 atom stereocenters. The van der Waals surface area contributed by atoms with Crippen LogP contribution in [-0.4, -0.2) is 17.1 Å². The first kappa shape index (κ1) is 10.1. The van der Waals surface area contributed by atoms with Crippen LogP contribution in [0.15, 0.2) is 28.7 Å². The fourth-order valence-electron chi connectivity index (χ4n) is 0.858. The predicted octanol–water partition coefficient (Wildman–Crippen LogP) is 2.33. The van der Waals surface area contributed by atoms with E-state index in [2.05, 4.69) is 21.2 Å². The third-order valence-electron chi connectivity index (χ3n) is 1.60. The van der Waals surface area contributed by atoms with Gasteiger partial charge in [-0.3, -0.25) is 4.79 Å². The molecule has 2 N–H and O–H groups in total. The average molecular weight is 244 g/mol. The minimum Gasteiger partial charge on any atom is -0.480 e. The fraction of sp³-hybridized carbons (Fsp3) is 0.222. The van der Waals surface area contributed by atoms with Crippen LogP contribution >= 0.6 is 15.9 Å². The maximum Gasteiger partial charge on any atom is 0.325 e. The zero-order valence-electron chi connectivity index (χ0n) is 7.12. The molecule has 70 valence electrons. The van der Waals surface area contributed by atoms with E-state index in [4.69, 9.17) is 5.11 Å². The minimum absolute atomic E-state index is 0.568. The molecular weight excluding hydrogens is 234 g/mol. The monoisotopic (exact) mass is 243 g/mol. The van der Waals surface area contributed by atoms with E-state index < -0.39 is 12.0 Å². The number of halogens is 1. The van der Waals surface area contributed by atoms with Crippen LogP contribution < -0.4 is 5.32 Å². The van der Waals surface area contributed by atoms with Gasteiger partial charge in [-0.1, -0.05) is 15.9 Å². The molecule has 1 unspecified atom stereocenters. The zero-order chi connectivity index (χ0) is 9.84. The van der Waals surface area contributed by atoms with E-state index in [1.807, 2.05) is 24.3 Å². The van der Waals surface area contributed by atoms with E-state index in [1.165, 1.54) is 0 Å². The Morgan fingerprint density at radius 2 is 2.00 bits per heavy atom. The molecule has 1 aromatic carbocycles. The summed E-state index contributed by atoms with van der Waals surface area (Å²) in [6.45, 7) is 1.60. The van der Waals surface area contributed by atoms with Crippen LogP contribution in [0.2, 0.25) is 0 Å². The highest BCUT2D eigenvalue weighted by Gasteiger charge is 2.09. The van der Waals surface area contributed by atoms with Gasteiger partial charge in [0.1, 0.15) is 6.04 Å². The van der Waals surface area contributed by atoms with Crippen molar-refractivity contribution in [3.8, 4) is 0 Å². The standard InChI is InChI=1S/C9H10BrNO2/c1-6(9(12)13)11-8-4-2-7(10)3-5-8/h2-6,11H,1H3,(H,12,13). The smallest absolute Gasteiger partial charge is 0.325 e. The number of hydrogen-bond donors (Lipinski definition) is 2. The third-order valence-corrected chi connectivity index (χ3v) is 2.13. The number of hydrogen-bond acceptors (Lipinski definition) is 2. The van der Waals surface area contributed by atoms with Crippen LogP contribution in [0.4, 0.5) is 5.69 Å². The van der Waals surface area contributed by atoms with E-state index in [0.717, 1.165) is 10.2 Å². The molecule has 0 saturated carbocycles. The van der Waals surface area contributed by atoms with Crippen LogP contribution in [0.5, 0.6) is 0 Å². The number of carboxylic acids is 1. The summed E-state index contributed by atoms with van der Waals surface area (Å²) in [6, 6.07) is 6.79. The van der Waals surface area contributed by atoms with E-state index in [9.17, 15) is 4.79 Å². The van der Waals surface area contributed by atoms with Crippen molar-refractivity contribution >= 4 is 27.6 Å².